The number of benzene rings is 2. The largest absolute Gasteiger partial charge is 0.507 e. The van der Waals surface area contributed by atoms with Crippen LogP contribution in [-0.2, 0) is 0 Å². The van der Waals surface area contributed by atoms with Crippen LogP contribution >= 0.6 is 24.2 Å². The van der Waals surface area contributed by atoms with E-state index in [0.29, 0.717) is 28.3 Å². The first-order chi connectivity index (χ1) is 11.5. The Bertz CT molecular complexity index is 953. The minimum absolute atomic E-state index is 0.0999. The Morgan fingerprint density at radius 1 is 1.38 bits per heavy atom. The lowest BCUT2D eigenvalue weighted by atomic mass is 10.1. The van der Waals surface area contributed by atoms with E-state index in [-0.39, 0.29) is 34.0 Å². The van der Waals surface area contributed by atoms with Crippen LogP contribution in [0, 0.1) is 0 Å². The Kier molecular flexibility index (Phi) is 4.78. The molecule has 7 heteroatoms. The summed E-state index contributed by atoms with van der Waals surface area (Å²) in [7, 11) is 1.50. The minimum Gasteiger partial charge on any atom is -0.507 e. The van der Waals surface area contributed by atoms with E-state index >= 15 is 0 Å². The molecule has 0 spiro atoms. The van der Waals surface area contributed by atoms with Crippen molar-refractivity contribution in [2.75, 3.05) is 19.6 Å². The lowest BCUT2D eigenvalue weighted by molar-refractivity contribution is 0.321. The van der Waals surface area contributed by atoms with Crippen LogP contribution < -0.4 is 14.9 Å². The predicted molar refractivity (Wildman–Crippen MR) is 97.2 cm³/mol. The van der Waals surface area contributed by atoms with Gasteiger partial charge in [0.25, 0.3) is 0 Å². The van der Waals surface area contributed by atoms with Gasteiger partial charge in [-0.15, -0.1) is 11.6 Å². The van der Waals surface area contributed by atoms with Crippen molar-refractivity contribution >= 4 is 46.2 Å². The molecule has 0 amide bonds. The van der Waals surface area contributed by atoms with Crippen molar-refractivity contribution in [3.05, 3.63) is 40.6 Å². The molecule has 24 heavy (non-hydrogen) atoms. The summed E-state index contributed by atoms with van der Waals surface area (Å²) in [6.45, 7) is 0.263. The molecule has 1 heterocycles. The molecular formula is C17H15ClO5S. The fraction of sp³-hybridized carbons (Fsp3) is 0.235. The summed E-state index contributed by atoms with van der Waals surface area (Å²) >= 11 is 9.93. The quantitative estimate of drug-likeness (QED) is 0.410. The van der Waals surface area contributed by atoms with Crippen LogP contribution in [0.3, 0.4) is 0 Å². The summed E-state index contributed by atoms with van der Waals surface area (Å²) in [5, 5.41) is 10.5. The Hall–Kier alpha value is -2.05. The third-order valence-electron chi connectivity index (χ3n) is 3.56. The second kappa shape index (κ2) is 6.83. The SMILES string of the molecule is COc1cccc2c(=O)c3c(O)cc(OCC(S)CCl)cc3oc12. The Balaban J connectivity index is 2.19. The van der Waals surface area contributed by atoms with Crippen molar-refractivity contribution in [3.8, 4) is 17.2 Å². The van der Waals surface area contributed by atoms with Crippen molar-refractivity contribution in [1.82, 2.24) is 0 Å². The molecule has 3 rings (SSSR count). The van der Waals surface area contributed by atoms with Crippen molar-refractivity contribution in [1.29, 1.82) is 0 Å². The number of thiol groups is 1. The molecule has 1 unspecified atom stereocenters. The van der Waals surface area contributed by atoms with Gasteiger partial charge in [0, 0.05) is 23.3 Å². The van der Waals surface area contributed by atoms with Crippen molar-refractivity contribution in [3.63, 3.8) is 0 Å². The number of phenolic OH excluding ortho intramolecular Hbond substituents is 1. The zero-order valence-corrected chi connectivity index (χ0v) is 14.4. The molecule has 5 nitrogen and oxygen atoms in total. The minimum atomic E-state index is -0.331. The highest BCUT2D eigenvalue weighted by Gasteiger charge is 2.16. The molecule has 0 bridgehead atoms. The Morgan fingerprint density at radius 2 is 2.17 bits per heavy atom. The molecule has 126 valence electrons. The van der Waals surface area contributed by atoms with E-state index < -0.39 is 0 Å². The van der Waals surface area contributed by atoms with Crippen LogP contribution in [0.25, 0.3) is 21.9 Å². The first kappa shape index (κ1) is 16.8. The molecule has 0 saturated heterocycles. The molecule has 0 aliphatic rings. The average molecular weight is 367 g/mol. The van der Waals surface area contributed by atoms with E-state index in [1.165, 1.54) is 13.2 Å². The number of alkyl halides is 1. The Morgan fingerprint density at radius 3 is 2.88 bits per heavy atom. The molecule has 0 aliphatic carbocycles. The van der Waals surface area contributed by atoms with Crippen LogP contribution in [0.2, 0.25) is 0 Å². The average Bonchev–Trinajstić information content (AvgIpc) is 2.58. The summed E-state index contributed by atoms with van der Waals surface area (Å²) in [5.41, 5.74) is 0.206. The van der Waals surface area contributed by atoms with Crippen LogP contribution in [0.4, 0.5) is 0 Å². The maximum Gasteiger partial charge on any atom is 0.204 e. The van der Waals surface area contributed by atoms with Gasteiger partial charge < -0.3 is 19.0 Å². The lowest BCUT2D eigenvalue weighted by Gasteiger charge is -2.11. The molecule has 0 fully saturated rings. The van der Waals surface area contributed by atoms with Gasteiger partial charge in [-0.25, -0.2) is 0 Å². The van der Waals surface area contributed by atoms with Gasteiger partial charge in [0.2, 0.25) is 5.43 Å². The second-order valence-electron chi connectivity index (χ2n) is 5.20. The van der Waals surface area contributed by atoms with E-state index in [9.17, 15) is 9.90 Å². The van der Waals surface area contributed by atoms with Crippen molar-refractivity contribution < 1.29 is 19.0 Å². The molecule has 1 atom stereocenters. The summed E-state index contributed by atoms with van der Waals surface area (Å²) in [5.74, 6) is 0.929. The van der Waals surface area contributed by atoms with E-state index in [1.807, 2.05) is 0 Å². The summed E-state index contributed by atoms with van der Waals surface area (Å²) in [6, 6.07) is 7.94. The number of hydrogen-bond acceptors (Lipinski definition) is 6. The van der Waals surface area contributed by atoms with Gasteiger partial charge in [-0.1, -0.05) is 6.07 Å². The summed E-state index contributed by atoms with van der Waals surface area (Å²) in [4.78, 5) is 12.7. The molecule has 2 aromatic carbocycles. The number of para-hydroxylation sites is 1. The van der Waals surface area contributed by atoms with Gasteiger partial charge in [0.15, 0.2) is 11.3 Å². The molecule has 0 aliphatic heterocycles. The van der Waals surface area contributed by atoms with E-state index in [2.05, 4.69) is 12.6 Å². The third-order valence-corrected chi connectivity index (χ3v) is 4.48. The molecule has 1 aromatic heterocycles. The predicted octanol–water partition coefficient (Wildman–Crippen LogP) is 3.58. The first-order valence-electron chi connectivity index (χ1n) is 7.18. The van der Waals surface area contributed by atoms with Gasteiger partial charge in [0.1, 0.15) is 29.1 Å². The van der Waals surface area contributed by atoms with Crippen LogP contribution in [0.1, 0.15) is 0 Å². The van der Waals surface area contributed by atoms with Gasteiger partial charge in [0.05, 0.1) is 12.5 Å². The smallest absolute Gasteiger partial charge is 0.204 e. The monoisotopic (exact) mass is 366 g/mol. The van der Waals surface area contributed by atoms with Crippen molar-refractivity contribution in [2.24, 2.45) is 0 Å². The highest BCUT2D eigenvalue weighted by Crippen LogP contribution is 2.33. The van der Waals surface area contributed by atoms with Gasteiger partial charge in [-0.05, 0) is 12.1 Å². The zero-order chi connectivity index (χ0) is 17.3. The standard InChI is InChI=1S/C17H15ClO5S/c1-21-13-4-2-3-11-16(20)15-12(19)5-9(22-8-10(24)7-18)6-14(15)23-17(11)13/h2-6,10,19,24H,7-8H2,1H3. The fourth-order valence-corrected chi connectivity index (χ4v) is 2.57. The van der Waals surface area contributed by atoms with Gasteiger partial charge >= 0.3 is 0 Å². The van der Waals surface area contributed by atoms with Crippen LogP contribution in [0.15, 0.2) is 39.5 Å². The topological polar surface area (TPSA) is 68.9 Å². The summed E-state index contributed by atoms with van der Waals surface area (Å²) < 4.78 is 16.6. The number of rotatable bonds is 5. The molecule has 0 saturated carbocycles. The second-order valence-corrected chi connectivity index (χ2v) is 6.24. The zero-order valence-electron chi connectivity index (χ0n) is 12.8. The normalized spacial score (nSPS) is 12.5. The maximum absolute atomic E-state index is 12.7. The third kappa shape index (κ3) is 2.99. The highest BCUT2D eigenvalue weighted by atomic mass is 35.5. The van der Waals surface area contributed by atoms with Gasteiger partial charge in [-0.2, -0.15) is 12.6 Å². The Labute approximate surface area is 148 Å². The molecule has 1 N–H and O–H groups in total. The lowest BCUT2D eigenvalue weighted by Crippen LogP contribution is -2.13. The van der Waals surface area contributed by atoms with Gasteiger partial charge in [-0.3, -0.25) is 4.79 Å². The van der Waals surface area contributed by atoms with Crippen LogP contribution in [0.5, 0.6) is 17.2 Å². The molecule has 3 aromatic rings. The van der Waals surface area contributed by atoms with Crippen LogP contribution in [-0.4, -0.2) is 30.0 Å². The number of methoxy groups -OCH3 is 1. The number of fused-ring (bicyclic) bond motifs is 2. The van der Waals surface area contributed by atoms with Crippen molar-refractivity contribution in [2.45, 2.75) is 5.25 Å². The fourth-order valence-electron chi connectivity index (χ4n) is 2.41. The summed E-state index contributed by atoms with van der Waals surface area (Å²) in [6.07, 6.45) is 0. The van der Waals surface area contributed by atoms with E-state index in [0.717, 1.165) is 0 Å². The number of aromatic hydroxyl groups is 1. The number of ether oxygens (including phenoxy) is 2. The maximum atomic E-state index is 12.7. The number of halogens is 1. The first-order valence-corrected chi connectivity index (χ1v) is 8.23. The van der Waals surface area contributed by atoms with E-state index in [4.69, 9.17) is 25.5 Å². The van der Waals surface area contributed by atoms with E-state index in [1.54, 1.807) is 24.3 Å². The molecular weight excluding hydrogens is 352 g/mol. The number of phenols is 1. The molecule has 0 radical (unpaired) electrons. The number of hydrogen-bond donors (Lipinski definition) is 2. The highest BCUT2D eigenvalue weighted by molar-refractivity contribution is 7.81.